The third-order valence-corrected chi connectivity index (χ3v) is 4.28. The van der Waals surface area contributed by atoms with Crippen LogP contribution in [0.4, 0.5) is 0 Å². The molecule has 0 amide bonds. The lowest BCUT2D eigenvalue weighted by atomic mass is 10.1. The lowest BCUT2D eigenvalue weighted by Gasteiger charge is -2.02. The highest BCUT2D eigenvalue weighted by Crippen LogP contribution is 2.36. The third-order valence-electron chi connectivity index (χ3n) is 3.11. The number of nitrogens with zero attached hydrogens (tertiary/aromatic N) is 1. The van der Waals surface area contributed by atoms with Crippen LogP contribution in [-0.2, 0) is 6.42 Å². The van der Waals surface area contributed by atoms with Crippen LogP contribution in [0.2, 0.25) is 0 Å². The van der Waals surface area contributed by atoms with Crippen LogP contribution in [0.25, 0.3) is 21.7 Å². The van der Waals surface area contributed by atoms with Gasteiger partial charge in [-0.3, -0.25) is 0 Å². The number of nitrogens with two attached hydrogens (primary N) is 1. The van der Waals surface area contributed by atoms with Crippen molar-refractivity contribution in [1.82, 2.24) is 4.98 Å². The maximum Gasteiger partial charge on any atom is 0.0951 e. The molecule has 20 heavy (non-hydrogen) atoms. The molecular weight excluding hydrogens is 264 g/mol. The molecule has 3 rings (SSSR count). The van der Waals surface area contributed by atoms with E-state index in [1.165, 1.54) is 10.4 Å². The first-order chi connectivity index (χ1) is 9.88. The molecule has 0 saturated heterocycles. The summed E-state index contributed by atoms with van der Waals surface area (Å²) in [6, 6.07) is 20.8. The number of benzene rings is 2. The SMILES string of the molecule is NCCc1nc(-c2ccccc2)c(-c2ccccc2)s1. The predicted octanol–water partition coefficient (Wildman–Crippen LogP) is 3.98. The van der Waals surface area contributed by atoms with Gasteiger partial charge in [0.2, 0.25) is 0 Å². The molecule has 0 radical (unpaired) electrons. The van der Waals surface area contributed by atoms with Gasteiger partial charge in [-0.25, -0.2) is 4.98 Å². The molecule has 2 N–H and O–H groups in total. The molecule has 0 aliphatic heterocycles. The van der Waals surface area contributed by atoms with Gasteiger partial charge < -0.3 is 5.73 Å². The number of hydrogen-bond acceptors (Lipinski definition) is 3. The van der Waals surface area contributed by atoms with E-state index < -0.39 is 0 Å². The van der Waals surface area contributed by atoms with Crippen molar-refractivity contribution in [3.05, 3.63) is 65.7 Å². The van der Waals surface area contributed by atoms with Gasteiger partial charge in [-0.1, -0.05) is 60.7 Å². The summed E-state index contributed by atoms with van der Waals surface area (Å²) >= 11 is 1.74. The summed E-state index contributed by atoms with van der Waals surface area (Å²) in [5, 5.41) is 1.10. The van der Waals surface area contributed by atoms with Crippen molar-refractivity contribution in [3.8, 4) is 21.7 Å². The molecule has 100 valence electrons. The van der Waals surface area contributed by atoms with Gasteiger partial charge in [-0.05, 0) is 12.1 Å². The first-order valence-corrected chi connectivity index (χ1v) is 7.51. The molecule has 0 bridgehead atoms. The molecule has 0 aliphatic carbocycles. The van der Waals surface area contributed by atoms with Crippen molar-refractivity contribution >= 4 is 11.3 Å². The van der Waals surface area contributed by atoms with E-state index >= 15 is 0 Å². The van der Waals surface area contributed by atoms with E-state index in [0.29, 0.717) is 6.54 Å². The van der Waals surface area contributed by atoms with Gasteiger partial charge in [0.15, 0.2) is 0 Å². The molecule has 2 aromatic carbocycles. The summed E-state index contributed by atoms with van der Waals surface area (Å²) < 4.78 is 0. The highest BCUT2D eigenvalue weighted by Gasteiger charge is 2.14. The van der Waals surface area contributed by atoms with Crippen molar-refractivity contribution in [3.63, 3.8) is 0 Å². The van der Waals surface area contributed by atoms with Gasteiger partial charge in [0, 0.05) is 12.0 Å². The summed E-state index contributed by atoms with van der Waals surface area (Å²) in [7, 11) is 0. The van der Waals surface area contributed by atoms with E-state index in [4.69, 9.17) is 10.7 Å². The Hall–Kier alpha value is -1.97. The number of thiazole rings is 1. The Kier molecular flexibility index (Phi) is 3.90. The van der Waals surface area contributed by atoms with Gasteiger partial charge in [-0.2, -0.15) is 0 Å². The van der Waals surface area contributed by atoms with E-state index in [9.17, 15) is 0 Å². The third kappa shape index (κ3) is 2.64. The van der Waals surface area contributed by atoms with E-state index in [0.717, 1.165) is 22.7 Å². The Morgan fingerprint density at radius 3 is 2.05 bits per heavy atom. The number of hydrogen-bond donors (Lipinski definition) is 1. The maximum atomic E-state index is 5.66. The monoisotopic (exact) mass is 280 g/mol. The second-order valence-electron chi connectivity index (χ2n) is 4.56. The molecule has 3 aromatic rings. The van der Waals surface area contributed by atoms with Crippen molar-refractivity contribution in [2.75, 3.05) is 6.54 Å². The fourth-order valence-corrected chi connectivity index (χ4v) is 3.28. The average molecular weight is 280 g/mol. The standard InChI is InChI=1S/C17H16N2S/c18-12-11-15-19-16(13-7-3-1-4-8-13)17(20-15)14-9-5-2-6-10-14/h1-10H,11-12,18H2. The summed E-state index contributed by atoms with van der Waals surface area (Å²) in [5.41, 5.74) is 9.10. The minimum atomic E-state index is 0.635. The van der Waals surface area contributed by atoms with Crippen molar-refractivity contribution in [2.45, 2.75) is 6.42 Å². The second kappa shape index (κ2) is 5.99. The molecule has 0 spiro atoms. The van der Waals surface area contributed by atoms with Crippen molar-refractivity contribution < 1.29 is 0 Å². The highest BCUT2D eigenvalue weighted by atomic mass is 32.1. The maximum absolute atomic E-state index is 5.66. The lowest BCUT2D eigenvalue weighted by molar-refractivity contribution is 0.954. The predicted molar refractivity (Wildman–Crippen MR) is 85.7 cm³/mol. The Labute approximate surface area is 122 Å². The van der Waals surface area contributed by atoms with Crippen LogP contribution in [0.15, 0.2) is 60.7 Å². The summed E-state index contributed by atoms with van der Waals surface area (Å²) in [4.78, 5) is 6.01. The minimum Gasteiger partial charge on any atom is -0.330 e. The molecule has 2 nitrogen and oxygen atoms in total. The molecule has 0 saturated carbocycles. The zero-order valence-electron chi connectivity index (χ0n) is 11.1. The Bertz CT molecular complexity index is 618. The van der Waals surface area contributed by atoms with Gasteiger partial charge in [-0.15, -0.1) is 11.3 Å². The quantitative estimate of drug-likeness (QED) is 0.785. The van der Waals surface area contributed by atoms with E-state index in [2.05, 4.69) is 36.4 Å². The summed E-state index contributed by atoms with van der Waals surface area (Å²) in [5.74, 6) is 0. The van der Waals surface area contributed by atoms with Crippen molar-refractivity contribution in [1.29, 1.82) is 0 Å². The van der Waals surface area contributed by atoms with Crippen LogP contribution in [0.3, 0.4) is 0 Å². The molecule has 0 aliphatic rings. The van der Waals surface area contributed by atoms with E-state index in [-0.39, 0.29) is 0 Å². The Balaban J connectivity index is 2.13. The summed E-state index contributed by atoms with van der Waals surface area (Å²) in [6.45, 7) is 0.635. The van der Waals surface area contributed by atoms with Gasteiger partial charge in [0.1, 0.15) is 0 Å². The largest absolute Gasteiger partial charge is 0.330 e. The van der Waals surface area contributed by atoms with Crippen molar-refractivity contribution in [2.24, 2.45) is 5.73 Å². The first-order valence-electron chi connectivity index (χ1n) is 6.69. The number of aromatic nitrogens is 1. The smallest absolute Gasteiger partial charge is 0.0951 e. The molecule has 0 unspecified atom stereocenters. The zero-order chi connectivity index (χ0) is 13.8. The molecule has 0 atom stereocenters. The first kappa shape index (κ1) is 13.0. The molecule has 1 aromatic heterocycles. The van der Waals surface area contributed by atoms with Crippen LogP contribution in [-0.4, -0.2) is 11.5 Å². The minimum absolute atomic E-state index is 0.635. The second-order valence-corrected chi connectivity index (χ2v) is 5.64. The lowest BCUT2D eigenvalue weighted by Crippen LogP contribution is -2.01. The summed E-state index contributed by atoms with van der Waals surface area (Å²) in [6.07, 6.45) is 0.831. The van der Waals surface area contributed by atoms with Gasteiger partial charge in [0.05, 0.1) is 15.6 Å². The molecular formula is C17H16N2S. The van der Waals surface area contributed by atoms with E-state index in [1.54, 1.807) is 11.3 Å². The van der Waals surface area contributed by atoms with Crippen LogP contribution in [0.1, 0.15) is 5.01 Å². The Morgan fingerprint density at radius 1 is 0.850 bits per heavy atom. The zero-order valence-corrected chi connectivity index (χ0v) is 11.9. The fourth-order valence-electron chi connectivity index (χ4n) is 2.17. The van der Waals surface area contributed by atoms with Crippen LogP contribution >= 0.6 is 11.3 Å². The Morgan fingerprint density at radius 2 is 1.45 bits per heavy atom. The van der Waals surface area contributed by atoms with E-state index in [1.807, 2.05) is 24.3 Å². The van der Waals surface area contributed by atoms with Crippen LogP contribution in [0.5, 0.6) is 0 Å². The molecule has 0 fully saturated rings. The van der Waals surface area contributed by atoms with Gasteiger partial charge >= 0.3 is 0 Å². The van der Waals surface area contributed by atoms with Crippen LogP contribution in [0, 0.1) is 0 Å². The van der Waals surface area contributed by atoms with Gasteiger partial charge in [0.25, 0.3) is 0 Å². The topological polar surface area (TPSA) is 38.9 Å². The normalized spacial score (nSPS) is 10.7. The average Bonchev–Trinajstić information content (AvgIpc) is 2.93. The van der Waals surface area contributed by atoms with Crippen LogP contribution < -0.4 is 5.73 Å². The molecule has 1 heterocycles. The highest BCUT2D eigenvalue weighted by molar-refractivity contribution is 7.15. The number of rotatable bonds is 4. The molecule has 3 heteroatoms. The fraction of sp³-hybridized carbons (Fsp3) is 0.118.